The second-order valence-electron chi connectivity index (χ2n) is 7.21. The fourth-order valence-electron chi connectivity index (χ4n) is 2.49. The van der Waals surface area contributed by atoms with Crippen molar-refractivity contribution in [2.75, 3.05) is 19.5 Å². The molecule has 1 amide bonds. The number of amides is 1. The summed E-state index contributed by atoms with van der Waals surface area (Å²) in [7, 11) is 3.02. The molecule has 0 bridgehead atoms. The van der Waals surface area contributed by atoms with Crippen LogP contribution in [0.25, 0.3) is 0 Å². The van der Waals surface area contributed by atoms with Crippen LogP contribution < -0.4 is 19.5 Å². The second kappa shape index (κ2) is 8.53. The standard InChI is InChI=1S/C21H26ClNO4/c1-13(27-15-9-7-8-14(10-15)21(2,3)4)20(24)23-17-11-16(22)18(25-5)12-19(17)26-6/h7-13H,1-6H3,(H,23,24). The number of halogens is 1. The van der Waals surface area contributed by atoms with Gasteiger partial charge in [-0.2, -0.15) is 0 Å². The lowest BCUT2D eigenvalue weighted by Gasteiger charge is -2.21. The Bertz CT molecular complexity index is 814. The molecular formula is C21H26ClNO4. The third kappa shape index (κ3) is 5.30. The van der Waals surface area contributed by atoms with Crippen LogP contribution in [-0.2, 0) is 10.2 Å². The predicted molar refractivity (Wildman–Crippen MR) is 108 cm³/mol. The quantitative estimate of drug-likeness (QED) is 0.747. The first-order chi connectivity index (χ1) is 12.7. The molecule has 0 heterocycles. The average molecular weight is 392 g/mol. The minimum Gasteiger partial charge on any atom is -0.495 e. The fraction of sp³-hybridized carbons (Fsp3) is 0.381. The Kier molecular flexibility index (Phi) is 6.60. The van der Waals surface area contributed by atoms with Crippen LogP contribution >= 0.6 is 11.6 Å². The third-order valence-electron chi connectivity index (χ3n) is 4.11. The zero-order valence-corrected chi connectivity index (χ0v) is 17.3. The fourth-order valence-corrected chi connectivity index (χ4v) is 2.73. The van der Waals surface area contributed by atoms with E-state index in [-0.39, 0.29) is 11.3 Å². The van der Waals surface area contributed by atoms with E-state index >= 15 is 0 Å². The summed E-state index contributed by atoms with van der Waals surface area (Å²) < 4.78 is 16.3. The molecule has 2 rings (SSSR count). The molecule has 0 aliphatic heterocycles. The highest BCUT2D eigenvalue weighted by Crippen LogP contribution is 2.36. The van der Waals surface area contributed by atoms with E-state index in [1.807, 2.05) is 24.3 Å². The van der Waals surface area contributed by atoms with Gasteiger partial charge in [-0.15, -0.1) is 0 Å². The van der Waals surface area contributed by atoms with Crippen molar-refractivity contribution in [1.82, 2.24) is 0 Å². The predicted octanol–water partition coefficient (Wildman–Crippen LogP) is 5.06. The highest BCUT2D eigenvalue weighted by Gasteiger charge is 2.20. The highest BCUT2D eigenvalue weighted by atomic mass is 35.5. The Morgan fingerprint density at radius 2 is 1.74 bits per heavy atom. The molecule has 1 atom stereocenters. The van der Waals surface area contributed by atoms with E-state index in [9.17, 15) is 4.79 Å². The molecule has 1 N–H and O–H groups in total. The van der Waals surface area contributed by atoms with Crippen molar-refractivity contribution in [3.63, 3.8) is 0 Å². The zero-order chi connectivity index (χ0) is 20.2. The Hall–Kier alpha value is -2.40. The molecular weight excluding hydrogens is 366 g/mol. The molecule has 0 spiro atoms. The summed E-state index contributed by atoms with van der Waals surface area (Å²) in [4.78, 5) is 12.6. The lowest BCUT2D eigenvalue weighted by molar-refractivity contribution is -0.122. The number of carbonyl (C=O) groups excluding carboxylic acids is 1. The molecule has 0 fully saturated rings. The van der Waals surface area contributed by atoms with Crippen molar-refractivity contribution in [3.05, 3.63) is 47.0 Å². The van der Waals surface area contributed by atoms with E-state index in [4.69, 9.17) is 25.8 Å². The molecule has 27 heavy (non-hydrogen) atoms. The van der Waals surface area contributed by atoms with E-state index in [0.29, 0.717) is 28.0 Å². The molecule has 0 saturated heterocycles. The molecule has 2 aromatic carbocycles. The van der Waals surface area contributed by atoms with Gasteiger partial charge >= 0.3 is 0 Å². The first kappa shape index (κ1) is 20.9. The maximum atomic E-state index is 12.6. The van der Waals surface area contributed by atoms with Gasteiger partial charge in [0.25, 0.3) is 5.91 Å². The molecule has 2 aromatic rings. The number of hydrogen-bond donors (Lipinski definition) is 1. The second-order valence-corrected chi connectivity index (χ2v) is 7.62. The van der Waals surface area contributed by atoms with Gasteiger partial charge in [-0.3, -0.25) is 4.79 Å². The molecule has 0 aliphatic carbocycles. The largest absolute Gasteiger partial charge is 0.495 e. The Morgan fingerprint density at radius 3 is 2.33 bits per heavy atom. The van der Waals surface area contributed by atoms with E-state index in [1.165, 1.54) is 14.2 Å². The van der Waals surface area contributed by atoms with E-state index in [0.717, 1.165) is 5.56 Å². The molecule has 5 nitrogen and oxygen atoms in total. The van der Waals surface area contributed by atoms with Crippen molar-refractivity contribution in [3.8, 4) is 17.2 Å². The smallest absolute Gasteiger partial charge is 0.265 e. The molecule has 146 valence electrons. The van der Waals surface area contributed by atoms with Crippen molar-refractivity contribution >= 4 is 23.2 Å². The summed E-state index contributed by atoms with van der Waals surface area (Å²) >= 11 is 6.15. The van der Waals surface area contributed by atoms with Crippen LogP contribution in [0.1, 0.15) is 33.3 Å². The van der Waals surface area contributed by atoms with Crippen LogP contribution in [0.5, 0.6) is 17.2 Å². The minimum atomic E-state index is -0.703. The van der Waals surface area contributed by atoms with Crippen molar-refractivity contribution in [2.45, 2.75) is 39.2 Å². The van der Waals surface area contributed by atoms with Gasteiger partial charge in [-0.25, -0.2) is 0 Å². The Morgan fingerprint density at radius 1 is 1.07 bits per heavy atom. The zero-order valence-electron chi connectivity index (χ0n) is 16.6. The summed E-state index contributed by atoms with van der Waals surface area (Å²) in [5, 5.41) is 3.16. The molecule has 0 aromatic heterocycles. The summed E-state index contributed by atoms with van der Waals surface area (Å²) in [5.74, 6) is 1.25. The first-order valence-electron chi connectivity index (χ1n) is 8.65. The molecule has 1 unspecified atom stereocenters. The van der Waals surface area contributed by atoms with Gasteiger partial charge in [0.05, 0.1) is 24.9 Å². The van der Waals surface area contributed by atoms with E-state index in [2.05, 4.69) is 26.1 Å². The van der Waals surface area contributed by atoms with Crippen LogP contribution in [-0.4, -0.2) is 26.2 Å². The number of hydrogen-bond acceptors (Lipinski definition) is 4. The number of benzene rings is 2. The van der Waals surface area contributed by atoms with Gasteiger partial charge in [0.15, 0.2) is 6.10 Å². The van der Waals surface area contributed by atoms with Gasteiger partial charge in [0.2, 0.25) is 0 Å². The number of anilines is 1. The highest BCUT2D eigenvalue weighted by molar-refractivity contribution is 6.32. The number of ether oxygens (including phenoxy) is 3. The van der Waals surface area contributed by atoms with Crippen LogP contribution in [0.3, 0.4) is 0 Å². The first-order valence-corrected chi connectivity index (χ1v) is 9.03. The third-order valence-corrected chi connectivity index (χ3v) is 4.41. The molecule has 0 radical (unpaired) electrons. The van der Waals surface area contributed by atoms with Gasteiger partial charge in [-0.1, -0.05) is 44.5 Å². The van der Waals surface area contributed by atoms with Gasteiger partial charge in [0, 0.05) is 6.07 Å². The monoisotopic (exact) mass is 391 g/mol. The molecule has 6 heteroatoms. The number of methoxy groups -OCH3 is 2. The Balaban J connectivity index is 2.14. The lowest BCUT2D eigenvalue weighted by atomic mass is 9.87. The Labute approximate surface area is 165 Å². The van der Waals surface area contributed by atoms with Crippen molar-refractivity contribution < 1.29 is 19.0 Å². The number of nitrogens with one attached hydrogen (secondary N) is 1. The van der Waals surface area contributed by atoms with Crippen molar-refractivity contribution in [2.24, 2.45) is 0 Å². The van der Waals surface area contributed by atoms with Crippen LogP contribution in [0, 0.1) is 0 Å². The summed E-state index contributed by atoms with van der Waals surface area (Å²) in [6, 6.07) is 11.0. The maximum Gasteiger partial charge on any atom is 0.265 e. The average Bonchev–Trinajstić information content (AvgIpc) is 2.61. The van der Waals surface area contributed by atoms with Crippen LogP contribution in [0.2, 0.25) is 5.02 Å². The van der Waals surface area contributed by atoms with Crippen LogP contribution in [0.4, 0.5) is 5.69 Å². The summed E-state index contributed by atoms with van der Waals surface area (Å²) in [6.45, 7) is 8.07. The van der Waals surface area contributed by atoms with Gasteiger partial charge < -0.3 is 19.5 Å². The number of carbonyl (C=O) groups is 1. The van der Waals surface area contributed by atoms with Crippen LogP contribution in [0.15, 0.2) is 36.4 Å². The molecule has 0 saturated carbocycles. The SMILES string of the molecule is COc1cc(OC)c(NC(=O)C(C)Oc2cccc(C(C)(C)C)c2)cc1Cl. The maximum absolute atomic E-state index is 12.6. The molecule has 0 aliphatic rings. The topological polar surface area (TPSA) is 56.8 Å². The van der Waals surface area contributed by atoms with Gasteiger partial charge in [0.1, 0.15) is 17.2 Å². The summed E-state index contributed by atoms with van der Waals surface area (Å²) in [6.07, 6.45) is -0.703. The van der Waals surface area contributed by atoms with E-state index in [1.54, 1.807) is 19.1 Å². The lowest BCUT2D eigenvalue weighted by Crippen LogP contribution is -2.30. The minimum absolute atomic E-state index is 0.00191. The van der Waals surface area contributed by atoms with Crippen molar-refractivity contribution in [1.29, 1.82) is 0 Å². The number of rotatable bonds is 6. The van der Waals surface area contributed by atoms with E-state index < -0.39 is 6.10 Å². The van der Waals surface area contributed by atoms with Gasteiger partial charge in [-0.05, 0) is 36.1 Å². The normalized spacial score (nSPS) is 12.3. The summed E-state index contributed by atoms with van der Waals surface area (Å²) in [5.41, 5.74) is 1.58.